The van der Waals surface area contributed by atoms with Crippen molar-refractivity contribution in [2.24, 2.45) is 5.92 Å². The highest BCUT2D eigenvalue weighted by molar-refractivity contribution is 5.80. The van der Waals surface area contributed by atoms with Crippen molar-refractivity contribution in [3.05, 3.63) is 18.5 Å². The highest BCUT2D eigenvalue weighted by atomic mass is 16.5. The van der Waals surface area contributed by atoms with Gasteiger partial charge in [0.2, 0.25) is 5.91 Å². The fourth-order valence-electron chi connectivity index (χ4n) is 2.18. The first-order chi connectivity index (χ1) is 8.70. The minimum absolute atomic E-state index is 0.0477. The van der Waals surface area contributed by atoms with Gasteiger partial charge in [-0.2, -0.15) is 5.10 Å². The first-order valence-corrected chi connectivity index (χ1v) is 6.23. The second-order valence-corrected chi connectivity index (χ2v) is 4.68. The third-order valence-electron chi connectivity index (χ3n) is 3.20. The molecule has 1 aliphatic rings. The predicted molar refractivity (Wildman–Crippen MR) is 67.0 cm³/mol. The van der Waals surface area contributed by atoms with Crippen LogP contribution < -0.4 is 10.6 Å². The lowest BCUT2D eigenvalue weighted by atomic mass is 10.0. The van der Waals surface area contributed by atoms with Crippen LogP contribution in [0.2, 0.25) is 0 Å². The molecule has 1 aromatic heterocycles. The molecule has 2 heterocycles. The van der Waals surface area contributed by atoms with Crippen molar-refractivity contribution in [3.63, 3.8) is 0 Å². The van der Waals surface area contributed by atoms with Gasteiger partial charge in [-0.25, -0.2) is 0 Å². The number of ether oxygens (including phenoxy) is 1. The molecule has 0 radical (unpaired) electrons. The van der Waals surface area contributed by atoms with Gasteiger partial charge in [0.1, 0.15) is 0 Å². The molecule has 1 fully saturated rings. The second-order valence-electron chi connectivity index (χ2n) is 4.68. The van der Waals surface area contributed by atoms with Crippen molar-refractivity contribution >= 4 is 5.91 Å². The van der Waals surface area contributed by atoms with Gasteiger partial charge in [0.15, 0.2) is 0 Å². The zero-order valence-corrected chi connectivity index (χ0v) is 10.8. The number of hydrogen-bond acceptors (Lipinski definition) is 4. The van der Waals surface area contributed by atoms with Crippen LogP contribution in [0.3, 0.4) is 0 Å². The molecule has 1 amide bonds. The normalized spacial score (nSPS) is 25.0. The molecule has 3 atom stereocenters. The standard InChI is InChI=1S/C12H20N4O2/c1-9(6-16-5-3-4-14-16)15-12(17)10-7-18-8-11(10)13-2/h3-5,9-11,13H,6-8H2,1-2H3,(H,15,17). The van der Waals surface area contributed by atoms with Crippen molar-refractivity contribution in [1.29, 1.82) is 0 Å². The number of carbonyl (C=O) groups excluding carboxylic acids is 1. The number of nitrogens with zero attached hydrogens (tertiary/aromatic N) is 2. The fourth-order valence-corrected chi connectivity index (χ4v) is 2.18. The zero-order chi connectivity index (χ0) is 13.0. The Balaban J connectivity index is 1.83. The van der Waals surface area contributed by atoms with Gasteiger partial charge in [0, 0.05) is 24.5 Å². The van der Waals surface area contributed by atoms with Crippen LogP contribution in [0.15, 0.2) is 18.5 Å². The monoisotopic (exact) mass is 252 g/mol. The largest absolute Gasteiger partial charge is 0.379 e. The van der Waals surface area contributed by atoms with E-state index < -0.39 is 0 Å². The number of rotatable bonds is 5. The molecule has 0 aliphatic carbocycles. The maximum absolute atomic E-state index is 12.1. The van der Waals surface area contributed by atoms with E-state index >= 15 is 0 Å². The van der Waals surface area contributed by atoms with Crippen molar-refractivity contribution < 1.29 is 9.53 Å². The molecule has 18 heavy (non-hydrogen) atoms. The molecule has 3 unspecified atom stereocenters. The van der Waals surface area contributed by atoms with Crippen molar-refractivity contribution in [2.75, 3.05) is 20.3 Å². The number of carbonyl (C=O) groups is 1. The first kappa shape index (κ1) is 13.0. The fraction of sp³-hybridized carbons (Fsp3) is 0.667. The van der Waals surface area contributed by atoms with Crippen LogP contribution in [0.25, 0.3) is 0 Å². The summed E-state index contributed by atoms with van der Waals surface area (Å²) in [7, 11) is 1.85. The quantitative estimate of drug-likeness (QED) is 0.750. The van der Waals surface area contributed by atoms with Crippen LogP contribution in [-0.2, 0) is 16.1 Å². The van der Waals surface area contributed by atoms with E-state index in [1.807, 2.05) is 30.9 Å². The molecule has 6 heteroatoms. The van der Waals surface area contributed by atoms with Gasteiger partial charge >= 0.3 is 0 Å². The molecule has 6 nitrogen and oxygen atoms in total. The molecule has 0 saturated carbocycles. The number of likely N-dealkylation sites (N-methyl/N-ethyl adjacent to an activating group) is 1. The predicted octanol–water partition coefficient (Wildman–Crippen LogP) is -0.378. The average Bonchev–Trinajstić information content (AvgIpc) is 2.97. The van der Waals surface area contributed by atoms with E-state index in [9.17, 15) is 4.79 Å². The molecule has 100 valence electrons. The first-order valence-electron chi connectivity index (χ1n) is 6.23. The molecule has 0 bridgehead atoms. The summed E-state index contributed by atoms with van der Waals surface area (Å²) in [4.78, 5) is 12.1. The van der Waals surface area contributed by atoms with Crippen LogP contribution in [-0.4, -0.2) is 48.0 Å². The second kappa shape index (κ2) is 5.97. The highest BCUT2D eigenvalue weighted by Gasteiger charge is 2.33. The third kappa shape index (κ3) is 3.08. The summed E-state index contributed by atoms with van der Waals surface area (Å²) in [6.45, 7) is 3.74. The summed E-state index contributed by atoms with van der Waals surface area (Å²) in [6, 6.07) is 2.04. The van der Waals surface area contributed by atoms with E-state index in [0.29, 0.717) is 19.8 Å². The van der Waals surface area contributed by atoms with Crippen LogP contribution >= 0.6 is 0 Å². The molecule has 0 aromatic carbocycles. The van der Waals surface area contributed by atoms with Gasteiger partial charge in [0.25, 0.3) is 0 Å². The van der Waals surface area contributed by atoms with Gasteiger partial charge in [-0.05, 0) is 20.0 Å². The molecule has 2 N–H and O–H groups in total. The van der Waals surface area contributed by atoms with Crippen LogP contribution in [0.5, 0.6) is 0 Å². The Labute approximate surface area is 107 Å². The molecule has 0 spiro atoms. The SMILES string of the molecule is CNC1COCC1C(=O)NC(C)Cn1cccn1. The summed E-state index contributed by atoms with van der Waals surface area (Å²) in [5, 5.41) is 10.2. The lowest BCUT2D eigenvalue weighted by Gasteiger charge is -2.20. The minimum Gasteiger partial charge on any atom is -0.379 e. The van der Waals surface area contributed by atoms with E-state index in [-0.39, 0.29) is 23.9 Å². The molecule has 1 aromatic rings. The number of nitrogens with one attached hydrogen (secondary N) is 2. The van der Waals surface area contributed by atoms with Gasteiger partial charge in [-0.3, -0.25) is 9.48 Å². The Hall–Kier alpha value is -1.40. The molecular weight excluding hydrogens is 232 g/mol. The van der Waals surface area contributed by atoms with Crippen molar-refractivity contribution in [1.82, 2.24) is 20.4 Å². The van der Waals surface area contributed by atoms with Gasteiger partial charge in [-0.1, -0.05) is 0 Å². The van der Waals surface area contributed by atoms with Gasteiger partial charge in [-0.15, -0.1) is 0 Å². The molecule has 1 aliphatic heterocycles. The van der Waals surface area contributed by atoms with Crippen molar-refractivity contribution in [2.45, 2.75) is 25.6 Å². The minimum atomic E-state index is -0.102. The Bertz CT molecular complexity index is 379. The maximum Gasteiger partial charge on any atom is 0.227 e. The summed E-state index contributed by atoms with van der Waals surface area (Å²) >= 11 is 0. The third-order valence-corrected chi connectivity index (χ3v) is 3.20. The van der Waals surface area contributed by atoms with Crippen LogP contribution in [0.1, 0.15) is 6.92 Å². The van der Waals surface area contributed by atoms with Gasteiger partial charge in [0.05, 0.1) is 25.7 Å². The number of amides is 1. The summed E-state index contributed by atoms with van der Waals surface area (Å²) in [6.07, 6.45) is 3.62. The van der Waals surface area contributed by atoms with Crippen LogP contribution in [0.4, 0.5) is 0 Å². The zero-order valence-electron chi connectivity index (χ0n) is 10.8. The lowest BCUT2D eigenvalue weighted by molar-refractivity contribution is -0.126. The molecular formula is C12H20N4O2. The number of hydrogen-bond donors (Lipinski definition) is 2. The average molecular weight is 252 g/mol. The van der Waals surface area contributed by atoms with Crippen molar-refractivity contribution in [3.8, 4) is 0 Å². The number of aromatic nitrogens is 2. The van der Waals surface area contributed by atoms with E-state index in [1.165, 1.54) is 0 Å². The molecule has 1 saturated heterocycles. The van der Waals surface area contributed by atoms with E-state index in [1.54, 1.807) is 6.20 Å². The highest BCUT2D eigenvalue weighted by Crippen LogP contribution is 2.13. The van der Waals surface area contributed by atoms with E-state index in [2.05, 4.69) is 15.7 Å². The Kier molecular flexibility index (Phi) is 4.33. The van der Waals surface area contributed by atoms with Crippen LogP contribution in [0, 0.1) is 5.92 Å². The van der Waals surface area contributed by atoms with E-state index in [4.69, 9.17) is 4.74 Å². The Morgan fingerprint density at radius 1 is 1.61 bits per heavy atom. The smallest absolute Gasteiger partial charge is 0.227 e. The maximum atomic E-state index is 12.1. The summed E-state index contributed by atoms with van der Waals surface area (Å²) < 4.78 is 7.14. The lowest BCUT2D eigenvalue weighted by Crippen LogP contribution is -2.46. The Morgan fingerprint density at radius 2 is 2.44 bits per heavy atom. The Morgan fingerprint density at radius 3 is 3.11 bits per heavy atom. The van der Waals surface area contributed by atoms with E-state index in [0.717, 1.165) is 0 Å². The summed E-state index contributed by atoms with van der Waals surface area (Å²) in [5.41, 5.74) is 0. The molecule has 2 rings (SSSR count). The topological polar surface area (TPSA) is 68.2 Å². The summed E-state index contributed by atoms with van der Waals surface area (Å²) in [5.74, 6) is -0.0541. The van der Waals surface area contributed by atoms with Gasteiger partial charge < -0.3 is 15.4 Å².